The van der Waals surface area contributed by atoms with Gasteiger partial charge in [-0.05, 0) is 38.0 Å². The number of hydrogen-bond donors (Lipinski definition) is 3. The highest BCUT2D eigenvalue weighted by Gasteiger charge is 2.35. The van der Waals surface area contributed by atoms with Crippen molar-refractivity contribution in [2.75, 3.05) is 0 Å². The van der Waals surface area contributed by atoms with Gasteiger partial charge in [0.05, 0.1) is 18.1 Å². The number of allylic oxidation sites excluding steroid dienone is 1. The minimum Gasteiger partial charge on any atom is -0.481 e. The van der Waals surface area contributed by atoms with E-state index >= 15 is 0 Å². The fraction of sp³-hybridized carbons (Fsp3) is 0.833. The molecule has 1 aliphatic carbocycles. The number of carbonyl (C=O) groups is 1. The minimum atomic E-state index is -1.08. The summed E-state index contributed by atoms with van der Waals surface area (Å²) in [4.78, 5) is 10.8. The molecular formula is C18H32O4. The summed E-state index contributed by atoms with van der Waals surface area (Å²) in [5, 5.41) is 29.2. The quantitative estimate of drug-likeness (QED) is 0.425. The summed E-state index contributed by atoms with van der Waals surface area (Å²) in [6, 6.07) is 0. The molecule has 0 aromatic heterocycles. The smallest absolute Gasteiger partial charge is 0.306 e. The van der Waals surface area contributed by atoms with Crippen LogP contribution in [0.5, 0.6) is 0 Å². The molecule has 4 nitrogen and oxygen atoms in total. The SMILES string of the molecule is CCCCCCCC(O)C=CC1CCCC(O)(CC(=O)O)C1. The predicted octanol–water partition coefficient (Wildman–Crippen LogP) is 3.66. The number of carboxylic acid groups (broad SMARTS) is 1. The molecular weight excluding hydrogens is 280 g/mol. The molecule has 0 bridgehead atoms. The average molecular weight is 312 g/mol. The molecule has 0 heterocycles. The van der Waals surface area contributed by atoms with Crippen molar-refractivity contribution in [1.82, 2.24) is 0 Å². The van der Waals surface area contributed by atoms with Gasteiger partial charge in [0, 0.05) is 0 Å². The van der Waals surface area contributed by atoms with Crippen LogP contribution < -0.4 is 0 Å². The number of carboxylic acids is 1. The van der Waals surface area contributed by atoms with Crippen molar-refractivity contribution < 1.29 is 20.1 Å². The van der Waals surface area contributed by atoms with Crippen molar-refractivity contribution in [2.24, 2.45) is 5.92 Å². The van der Waals surface area contributed by atoms with Crippen LogP contribution in [0.3, 0.4) is 0 Å². The fourth-order valence-electron chi connectivity index (χ4n) is 3.33. The molecule has 3 N–H and O–H groups in total. The van der Waals surface area contributed by atoms with Gasteiger partial charge < -0.3 is 15.3 Å². The first-order valence-corrected chi connectivity index (χ1v) is 8.76. The highest BCUT2D eigenvalue weighted by molar-refractivity contribution is 5.68. The third-order valence-electron chi connectivity index (χ3n) is 4.55. The van der Waals surface area contributed by atoms with Gasteiger partial charge in [-0.25, -0.2) is 0 Å². The molecule has 0 amide bonds. The lowest BCUT2D eigenvalue weighted by Crippen LogP contribution is -2.37. The van der Waals surface area contributed by atoms with Gasteiger partial charge in [0.25, 0.3) is 0 Å². The molecule has 1 saturated carbocycles. The van der Waals surface area contributed by atoms with Crippen LogP contribution in [0.1, 0.15) is 77.6 Å². The maximum atomic E-state index is 10.8. The molecule has 0 aromatic carbocycles. The highest BCUT2D eigenvalue weighted by Crippen LogP contribution is 2.35. The van der Waals surface area contributed by atoms with E-state index in [-0.39, 0.29) is 12.3 Å². The maximum Gasteiger partial charge on any atom is 0.306 e. The summed E-state index contributed by atoms with van der Waals surface area (Å²) < 4.78 is 0. The van der Waals surface area contributed by atoms with Crippen LogP contribution in [0.25, 0.3) is 0 Å². The molecule has 0 aliphatic heterocycles. The Morgan fingerprint density at radius 1 is 1.32 bits per heavy atom. The Morgan fingerprint density at radius 2 is 2.05 bits per heavy atom. The summed E-state index contributed by atoms with van der Waals surface area (Å²) in [7, 11) is 0. The number of aliphatic hydroxyl groups is 2. The highest BCUT2D eigenvalue weighted by atomic mass is 16.4. The van der Waals surface area contributed by atoms with Gasteiger partial charge in [-0.15, -0.1) is 0 Å². The number of rotatable bonds is 10. The van der Waals surface area contributed by atoms with Crippen LogP contribution in [0.15, 0.2) is 12.2 Å². The van der Waals surface area contributed by atoms with E-state index in [1.807, 2.05) is 12.2 Å². The van der Waals surface area contributed by atoms with E-state index in [4.69, 9.17) is 5.11 Å². The summed E-state index contributed by atoms with van der Waals surface area (Å²) in [5.41, 5.74) is -1.08. The van der Waals surface area contributed by atoms with Gasteiger partial charge in [-0.3, -0.25) is 4.79 Å². The Morgan fingerprint density at radius 3 is 2.73 bits per heavy atom. The van der Waals surface area contributed by atoms with Crippen molar-refractivity contribution in [2.45, 2.75) is 89.3 Å². The van der Waals surface area contributed by atoms with Gasteiger partial charge in [0.1, 0.15) is 0 Å². The van der Waals surface area contributed by atoms with Crippen molar-refractivity contribution in [3.63, 3.8) is 0 Å². The summed E-state index contributed by atoms with van der Waals surface area (Å²) in [5.74, 6) is -0.771. The molecule has 22 heavy (non-hydrogen) atoms. The number of aliphatic hydroxyl groups excluding tert-OH is 1. The van der Waals surface area contributed by atoms with Gasteiger partial charge in [-0.1, -0.05) is 51.2 Å². The summed E-state index contributed by atoms with van der Waals surface area (Å²) in [6.45, 7) is 2.19. The second-order valence-corrected chi connectivity index (χ2v) is 6.81. The molecule has 1 rings (SSSR count). The van der Waals surface area contributed by atoms with Crippen LogP contribution in [0.2, 0.25) is 0 Å². The summed E-state index contributed by atoms with van der Waals surface area (Å²) >= 11 is 0. The molecule has 0 aromatic rings. The van der Waals surface area contributed by atoms with Crippen LogP contribution in [-0.2, 0) is 4.79 Å². The molecule has 0 saturated heterocycles. The molecule has 0 radical (unpaired) electrons. The van der Waals surface area contributed by atoms with Crippen LogP contribution >= 0.6 is 0 Å². The van der Waals surface area contributed by atoms with E-state index in [2.05, 4.69) is 6.92 Å². The van der Waals surface area contributed by atoms with Crippen molar-refractivity contribution in [1.29, 1.82) is 0 Å². The Labute approximate surface area is 134 Å². The number of unbranched alkanes of at least 4 members (excludes halogenated alkanes) is 4. The molecule has 4 heteroatoms. The maximum absolute atomic E-state index is 10.8. The number of hydrogen-bond acceptors (Lipinski definition) is 3. The van der Waals surface area contributed by atoms with Gasteiger partial charge in [-0.2, -0.15) is 0 Å². The zero-order valence-electron chi connectivity index (χ0n) is 13.8. The van der Waals surface area contributed by atoms with E-state index in [1.54, 1.807) is 0 Å². The Balaban J connectivity index is 2.30. The van der Waals surface area contributed by atoms with Crippen molar-refractivity contribution >= 4 is 5.97 Å². The molecule has 128 valence electrons. The molecule has 3 atom stereocenters. The van der Waals surface area contributed by atoms with Crippen LogP contribution in [-0.4, -0.2) is 33.0 Å². The molecule has 0 spiro atoms. The molecule has 1 fully saturated rings. The van der Waals surface area contributed by atoms with E-state index in [0.29, 0.717) is 12.8 Å². The standard InChI is InChI=1S/C18H32O4/c1-2-3-4-5-6-9-16(19)11-10-15-8-7-12-18(22,13-15)14-17(20)21/h10-11,15-16,19,22H,2-9,12-14H2,1H3,(H,20,21). The van der Waals surface area contributed by atoms with Gasteiger partial charge >= 0.3 is 5.97 Å². The topological polar surface area (TPSA) is 77.8 Å². The zero-order valence-corrected chi connectivity index (χ0v) is 13.8. The monoisotopic (exact) mass is 312 g/mol. The third-order valence-corrected chi connectivity index (χ3v) is 4.55. The van der Waals surface area contributed by atoms with Gasteiger partial charge in [0.15, 0.2) is 0 Å². The minimum absolute atomic E-state index is 0.174. The van der Waals surface area contributed by atoms with E-state index in [0.717, 1.165) is 25.7 Å². The van der Waals surface area contributed by atoms with Gasteiger partial charge in [0.2, 0.25) is 0 Å². The summed E-state index contributed by atoms with van der Waals surface area (Å²) in [6.07, 6.45) is 12.8. The van der Waals surface area contributed by atoms with E-state index < -0.39 is 17.7 Å². The molecule has 3 unspecified atom stereocenters. The largest absolute Gasteiger partial charge is 0.481 e. The Bertz CT molecular complexity index is 353. The lowest BCUT2D eigenvalue weighted by Gasteiger charge is -2.34. The van der Waals surface area contributed by atoms with Crippen molar-refractivity contribution in [3.8, 4) is 0 Å². The normalized spacial score (nSPS) is 27.1. The predicted molar refractivity (Wildman–Crippen MR) is 87.7 cm³/mol. The second-order valence-electron chi connectivity index (χ2n) is 6.81. The molecule has 1 aliphatic rings. The Kier molecular flexibility index (Phi) is 8.72. The van der Waals surface area contributed by atoms with E-state index in [9.17, 15) is 15.0 Å². The number of aliphatic carboxylic acids is 1. The first-order chi connectivity index (χ1) is 10.4. The lowest BCUT2D eigenvalue weighted by atomic mass is 9.76. The second kappa shape index (κ2) is 10.0. The van der Waals surface area contributed by atoms with Crippen LogP contribution in [0, 0.1) is 5.92 Å². The van der Waals surface area contributed by atoms with Crippen LogP contribution in [0.4, 0.5) is 0 Å². The van der Waals surface area contributed by atoms with E-state index in [1.165, 1.54) is 25.7 Å². The van der Waals surface area contributed by atoms with Crippen molar-refractivity contribution in [3.05, 3.63) is 12.2 Å². The average Bonchev–Trinajstić information content (AvgIpc) is 2.43. The third kappa shape index (κ3) is 7.95. The first-order valence-electron chi connectivity index (χ1n) is 8.76. The fourth-order valence-corrected chi connectivity index (χ4v) is 3.33. The zero-order chi connectivity index (χ0) is 16.4. The Hall–Kier alpha value is -0.870. The first kappa shape index (κ1) is 19.2. The lowest BCUT2D eigenvalue weighted by molar-refractivity contribution is -0.144.